The van der Waals surface area contributed by atoms with E-state index in [1.54, 1.807) is 0 Å². The Labute approximate surface area is 92.3 Å². The molecule has 0 bridgehead atoms. The first-order valence-electron chi connectivity index (χ1n) is 6.05. The van der Waals surface area contributed by atoms with Gasteiger partial charge in [-0.25, -0.2) is 0 Å². The third kappa shape index (κ3) is 2.70. The molecule has 1 aliphatic carbocycles. The Morgan fingerprint density at radius 3 is 2.80 bits per heavy atom. The van der Waals surface area contributed by atoms with Crippen molar-refractivity contribution in [2.75, 3.05) is 19.6 Å². The zero-order valence-corrected chi connectivity index (χ0v) is 9.47. The highest BCUT2D eigenvalue weighted by Crippen LogP contribution is 2.28. The predicted molar refractivity (Wildman–Crippen MR) is 62.6 cm³/mol. The Kier molecular flexibility index (Phi) is 3.60. The van der Waals surface area contributed by atoms with Gasteiger partial charge < -0.3 is 10.0 Å². The third-order valence-corrected chi connectivity index (χ3v) is 3.57. The van der Waals surface area contributed by atoms with Crippen LogP contribution in [0.1, 0.15) is 19.8 Å². The highest BCUT2D eigenvalue weighted by atomic mass is 16.3. The molecule has 1 fully saturated rings. The lowest BCUT2D eigenvalue weighted by Gasteiger charge is -2.37. The van der Waals surface area contributed by atoms with E-state index < -0.39 is 0 Å². The number of aliphatic hydroxyl groups is 1. The summed E-state index contributed by atoms with van der Waals surface area (Å²) in [5.74, 6) is 1.41. The van der Waals surface area contributed by atoms with Crippen molar-refractivity contribution in [1.29, 1.82) is 0 Å². The maximum absolute atomic E-state index is 9.63. The molecule has 2 aliphatic rings. The van der Waals surface area contributed by atoms with E-state index in [1.165, 1.54) is 6.42 Å². The molecule has 1 heterocycles. The number of nitrogens with zero attached hydrogens (tertiary/aromatic N) is 1. The Bertz CT molecular complexity index is 259. The molecule has 2 heteroatoms. The van der Waals surface area contributed by atoms with Crippen molar-refractivity contribution in [3.63, 3.8) is 0 Å². The number of hydrogen-bond acceptors (Lipinski definition) is 2. The van der Waals surface area contributed by atoms with Crippen molar-refractivity contribution >= 4 is 0 Å². The zero-order chi connectivity index (χ0) is 10.7. The van der Waals surface area contributed by atoms with E-state index in [2.05, 4.69) is 29.2 Å². The van der Waals surface area contributed by atoms with Crippen LogP contribution in [-0.4, -0.2) is 35.7 Å². The second kappa shape index (κ2) is 4.95. The van der Waals surface area contributed by atoms with Crippen molar-refractivity contribution in [3.05, 3.63) is 24.3 Å². The molecular weight excluding hydrogens is 186 g/mol. The van der Waals surface area contributed by atoms with Crippen LogP contribution >= 0.6 is 0 Å². The number of hydrogen-bond donors (Lipinski definition) is 1. The summed E-state index contributed by atoms with van der Waals surface area (Å²) in [5, 5.41) is 9.63. The number of aliphatic hydroxyl groups excluding tert-OH is 1. The van der Waals surface area contributed by atoms with Crippen LogP contribution in [0.25, 0.3) is 0 Å². The summed E-state index contributed by atoms with van der Waals surface area (Å²) in [6.07, 6.45) is 10.9. The molecule has 2 rings (SSSR count). The number of likely N-dealkylation sites (tertiary alicyclic amines) is 1. The minimum atomic E-state index is -0.148. The van der Waals surface area contributed by atoms with E-state index >= 15 is 0 Å². The summed E-state index contributed by atoms with van der Waals surface area (Å²) >= 11 is 0. The molecule has 84 valence electrons. The Balaban J connectivity index is 1.86. The van der Waals surface area contributed by atoms with Crippen LogP contribution in [0.2, 0.25) is 0 Å². The number of β-amino-alcohol motifs (C(OH)–C–C–N with tert-alkyl or cyclic N) is 1. The molecule has 3 unspecified atom stereocenters. The van der Waals surface area contributed by atoms with Crippen LogP contribution in [-0.2, 0) is 0 Å². The lowest BCUT2D eigenvalue weighted by Crippen LogP contribution is -2.43. The van der Waals surface area contributed by atoms with Crippen LogP contribution in [0, 0.1) is 11.8 Å². The van der Waals surface area contributed by atoms with Crippen LogP contribution in [0.5, 0.6) is 0 Å². The van der Waals surface area contributed by atoms with Gasteiger partial charge in [-0.1, -0.05) is 31.2 Å². The third-order valence-electron chi connectivity index (χ3n) is 3.57. The van der Waals surface area contributed by atoms with E-state index in [9.17, 15) is 5.11 Å². The van der Waals surface area contributed by atoms with Gasteiger partial charge in [-0.2, -0.15) is 0 Å². The first kappa shape index (κ1) is 10.9. The molecule has 0 saturated carbocycles. The van der Waals surface area contributed by atoms with Gasteiger partial charge in [0.05, 0.1) is 6.10 Å². The van der Waals surface area contributed by atoms with Gasteiger partial charge in [-0.15, -0.1) is 0 Å². The molecule has 0 spiro atoms. The lowest BCUT2D eigenvalue weighted by atomic mass is 9.82. The van der Waals surface area contributed by atoms with Gasteiger partial charge in [0.1, 0.15) is 0 Å². The Morgan fingerprint density at radius 2 is 2.07 bits per heavy atom. The van der Waals surface area contributed by atoms with Crippen molar-refractivity contribution in [2.24, 2.45) is 11.8 Å². The molecule has 1 saturated heterocycles. The molecule has 0 amide bonds. The second-order valence-corrected chi connectivity index (χ2v) is 4.71. The molecule has 0 aromatic carbocycles. The molecule has 0 radical (unpaired) electrons. The normalized spacial score (nSPS) is 32.7. The smallest absolute Gasteiger partial charge is 0.0664 e. The number of piperidine rings is 1. The SMILES string of the molecule is CCC(O)CN1CCC2C=CC=CC2C1. The van der Waals surface area contributed by atoms with E-state index in [4.69, 9.17) is 0 Å². The summed E-state index contributed by atoms with van der Waals surface area (Å²) in [6, 6.07) is 0. The average Bonchev–Trinajstić information content (AvgIpc) is 2.29. The molecule has 1 N–H and O–H groups in total. The van der Waals surface area contributed by atoms with Crippen molar-refractivity contribution < 1.29 is 5.11 Å². The van der Waals surface area contributed by atoms with E-state index in [-0.39, 0.29) is 6.10 Å². The van der Waals surface area contributed by atoms with Gasteiger partial charge in [0.2, 0.25) is 0 Å². The molecular formula is C13H21NO. The molecule has 1 aliphatic heterocycles. The predicted octanol–water partition coefficient (Wildman–Crippen LogP) is 1.82. The van der Waals surface area contributed by atoms with Gasteiger partial charge in [-0.05, 0) is 31.2 Å². The van der Waals surface area contributed by atoms with Crippen LogP contribution < -0.4 is 0 Å². The van der Waals surface area contributed by atoms with E-state index in [0.717, 1.165) is 32.0 Å². The minimum Gasteiger partial charge on any atom is -0.392 e. The zero-order valence-electron chi connectivity index (χ0n) is 9.47. The summed E-state index contributed by atoms with van der Waals surface area (Å²) < 4.78 is 0. The first-order chi connectivity index (χ1) is 7.29. The highest BCUT2D eigenvalue weighted by molar-refractivity contribution is 5.15. The molecule has 0 aromatic rings. The summed E-state index contributed by atoms with van der Waals surface area (Å²) in [6.45, 7) is 5.14. The van der Waals surface area contributed by atoms with Crippen LogP contribution in [0.15, 0.2) is 24.3 Å². The quantitative estimate of drug-likeness (QED) is 0.763. The topological polar surface area (TPSA) is 23.5 Å². The van der Waals surface area contributed by atoms with Crippen LogP contribution in [0.3, 0.4) is 0 Å². The van der Waals surface area contributed by atoms with Crippen molar-refractivity contribution in [2.45, 2.75) is 25.9 Å². The summed E-state index contributed by atoms with van der Waals surface area (Å²) in [5.41, 5.74) is 0. The van der Waals surface area contributed by atoms with Crippen molar-refractivity contribution in [3.8, 4) is 0 Å². The van der Waals surface area contributed by atoms with Gasteiger partial charge in [0.25, 0.3) is 0 Å². The number of allylic oxidation sites excluding steroid dienone is 3. The fourth-order valence-electron chi connectivity index (χ4n) is 2.52. The van der Waals surface area contributed by atoms with E-state index in [1.807, 2.05) is 6.92 Å². The van der Waals surface area contributed by atoms with Gasteiger partial charge in [-0.3, -0.25) is 0 Å². The number of fused-ring (bicyclic) bond motifs is 1. The summed E-state index contributed by atoms with van der Waals surface area (Å²) in [7, 11) is 0. The van der Waals surface area contributed by atoms with E-state index in [0.29, 0.717) is 5.92 Å². The van der Waals surface area contributed by atoms with Crippen LogP contribution in [0.4, 0.5) is 0 Å². The fraction of sp³-hybridized carbons (Fsp3) is 0.692. The highest BCUT2D eigenvalue weighted by Gasteiger charge is 2.27. The Morgan fingerprint density at radius 1 is 1.33 bits per heavy atom. The molecule has 15 heavy (non-hydrogen) atoms. The second-order valence-electron chi connectivity index (χ2n) is 4.71. The first-order valence-corrected chi connectivity index (χ1v) is 6.05. The minimum absolute atomic E-state index is 0.148. The molecule has 2 nitrogen and oxygen atoms in total. The summed E-state index contributed by atoms with van der Waals surface area (Å²) in [4.78, 5) is 2.40. The fourth-order valence-corrected chi connectivity index (χ4v) is 2.52. The maximum Gasteiger partial charge on any atom is 0.0664 e. The van der Waals surface area contributed by atoms with Crippen molar-refractivity contribution in [1.82, 2.24) is 4.90 Å². The maximum atomic E-state index is 9.63. The largest absolute Gasteiger partial charge is 0.392 e. The number of rotatable bonds is 3. The van der Waals surface area contributed by atoms with Gasteiger partial charge >= 0.3 is 0 Å². The monoisotopic (exact) mass is 207 g/mol. The standard InChI is InChI=1S/C13H21NO/c1-2-13(15)10-14-8-7-11-5-3-4-6-12(11)9-14/h3-6,11-13,15H,2,7-10H2,1H3. The Hall–Kier alpha value is -0.600. The van der Waals surface area contributed by atoms with Gasteiger partial charge in [0.15, 0.2) is 0 Å². The molecule has 3 atom stereocenters. The lowest BCUT2D eigenvalue weighted by molar-refractivity contribution is 0.0790. The average molecular weight is 207 g/mol. The molecule has 0 aromatic heterocycles. The van der Waals surface area contributed by atoms with Gasteiger partial charge in [0, 0.05) is 13.1 Å².